The Bertz CT molecular complexity index is 326. The second kappa shape index (κ2) is 5.00. The number of aromatic nitrogens is 2. The molecule has 1 heterocycles. The zero-order valence-electron chi connectivity index (χ0n) is 10.5. The van der Waals surface area contributed by atoms with E-state index in [4.69, 9.17) is 0 Å². The van der Waals surface area contributed by atoms with E-state index < -0.39 is 0 Å². The topological polar surface area (TPSA) is 29.9 Å². The van der Waals surface area contributed by atoms with E-state index in [0.717, 1.165) is 6.54 Å². The number of aryl methyl sites for hydroxylation is 1. The first-order chi connectivity index (χ1) is 7.76. The van der Waals surface area contributed by atoms with Gasteiger partial charge in [-0.25, -0.2) is 0 Å². The van der Waals surface area contributed by atoms with E-state index >= 15 is 0 Å². The van der Waals surface area contributed by atoms with Gasteiger partial charge in [0.1, 0.15) is 0 Å². The molecule has 0 bridgehead atoms. The number of nitrogens with one attached hydrogen (secondary N) is 1. The number of nitrogens with zero attached hydrogens (tertiary/aromatic N) is 2. The summed E-state index contributed by atoms with van der Waals surface area (Å²) in [5.74, 6) is 0. The molecule has 1 aliphatic rings. The second-order valence-corrected chi connectivity index (χ2v) is 5.15. The Balaban J connectivity index is 1.77. The highest BCUT2D eigenvalue weighted by molar-refractivity contribution is 5.00. The van der Waals surface area contributed by atoms with Gasteiger partial charge in [-0.3, -0.25) is 4.68 Å². The molecule has 0 amide bonds. The van der Waals surface area contributed by atoms with Crippen molar-refractivity contribution >= 4 is 0 Å². The summed E-state index contributed by atoms with van der Waals surface area (Å²) >= 11 is 0. The summed E-state index contributed by atoms with van der Waals surface area (Å²) in [6.45, 7) is 4.41. The van der Waals surface area contributed by atoms with Crippen LogP contribution in [0.3, 0.4) is 0 Å². The van der Waals surface area contributed by atoms with Gasteiger partial charge in [-0.2, -0.15) is 5.10 Å². The molecule has 0 radical (unpaired) electrons. The van der Waals surface area contributed by atoms with Crippen LogP contribution in [-0.4, -0.2) is 16.3 Å². The van der Waals surface area contributed by atoms with E-state index in [2.05, 4.69) is 23.4 Å². The lowest BCUT2D eigenvalue weighted by molar-refractivity contribution is 0.115. The third-order valence-corrected chi connectivity index (χ3v) is 3.92. The number of hydrogen-bond acceptors (Lipinski definition) is 2. The lowest BCUT2D eigenvalue weighted by atomic mass is 9.66. The molecule has 0 saturated heterocycles. The van der Waals surface area contributed by atoms with Crippen molar-refractivity contribution in [3.05, 3.63) is 18.0 Å². The first-order valence-electron chi connectivity index (χ1n) is 6.43. The molecule has 16 heavy (non-hydrogen) atoms. The fourth-order valence-electron chi connectivity index (χ4n) is 2.75. The van der Waals surface area contributed by atoms with Gasteiger partial charge in [-0.05, 0) is 30.7 Å². The lowest BCUT2D eigenvalue weighted by Crippen LogP contribution is -2.39. The van der Waals surface area contributed by atoms with Crippen molar-refractivity contribution in [3.8, 4) is 0 Å². The molecule has 3 heteroatoms. The Kier molecular flexibility index (Phi) is 3.64. The second-order valence-electron chi connectivity index (χ2n) is 5.15. The fourth-order valence-corrected chi connectivity index (χ4v) is 2.75. The maximum atomic E-state index is 4.18. The van der Waals surface area contributed by atoms with Crippen molar-refractivity contribution < 1.29 is 0 Å². The standard InChI is InChI=1S/C13H23N3/c1-3-6-13(7-4-8-13)11-14-10-12-5-9-15-16(12)2/h5,9,14H,3-4,6-8,10-11H2,1-2H3. The Labute approximate surface area is 98.2 Å². The van der Waals surface area contributed by atoms with Gasteiger partial charge < -0.3 is 5.32 Å². The van der Waals surface area contributed by atoms with Gasteiger partial charge in [0, 0.05) is 26.3 Å². The molecular weight excluding hydrogens is 198 g/mol. The van der Waals surface area contributed by atoms with Crippen molar-refractivity contribution in [1.29, 1.82) is 0 Å². The van der Waals surface area contributed by atoms with E-state index in [0.29, 0.717) is 5.41 Å². The maximum absolute atomic E-state index is 4.18. The molecule has 1 aliphatic carbocycles. The van der Waals surface area contributed by atoms with Gasteiger partial charge >= 0.3 is 0 Å². The first-order valence-corrected chi connectivity index (χ1v) is 6.43. The van der Waals surface area contributed by atoms with Crippen LogP contribution in [0, 0.1) is 5.41 Å². The summed E-state index contributed by atoms with van der Waals surface area (Å²) in [6, 6.07) is 2.08. The Morgan fingerprint density at radius 3 is 2.81 bits per heavy atom. The molecule has 0 unspecified atom stereocenters. The molecule has 0 atom stereocenters. The van der Waals surface area contributed by atoms with Crippen molar-refractivity contribution in [2.45, 2.75) is 45.6 Å². The zero-order chi connectivity index (χ0) is 11.4. The minimum atomic E-state index is 0.618. The third-order valence-electron chi connectivity index (χ3n) is 3.92. The predicted octanol–water partition coefficient (Wildman–Crippen LogP) is 2.48. The van der Waals surface area contributed by atoms with Crippen LogP contribution in [0.25, 0.3) is 0 Å². The van der Waals surface area contributed by atoms with Gasteiger partial charge in [0.15, 0.2) is 0 Å². The van der Waals surface area contributed by atoms with Gasteiger partial charge in [-0.15, -0.1) is 0 Å². The highest BCUT2D eigenvalue weighted by Gasteiger charge is 2.35. The summed E-state index contributed by atoms with van der Waals surface area (Å²) in [7, 11) is 2.00. The summed E-state index contributed by atoms with van der Waals surface area (Å²) in [5, 5.41) is 7.77. The predicted molar refractivity (Wildman–Crippen MR) is 66.1 cm³/mol. The molecule has 3 nitrogen and oxygen atoms in total. The summed E-state index contributed by atoms with van der Waals surface area (Å²) < 4.78 is 1.94. The molecule has 1 aromatic rings. The summed E-state index contributed by atoms with van der Waals surface area (Å²) in [5.41, 5.74) is 1.89. The van der Waals surface area contributed by atoms with Crippen LogP contribution in [0.15, 0.2) is 12.3 Å². The van der Waals surface area contributed by atoms with Crippen LogP contribution in [0.1, 0.15) is 44.7 Å². The van der Waals surface area contributed by atoms with E-state index in [-0.39, 0.29) is 0 Å². The molecule has 0 spiro atoms. The molecule has 1 saturated carbocycles. The molecule has 0 aromatic carbocycles. The van der Waals surface area contributed by atoms with E-state index in [1.165, 1.54) is 44.3 Å². The third kappa shape index (κ3) is 2.46. The normalized spacial score (nSPS) is 18.4. The lowest BCUT2D eigenvalue weighted by Gasteiger charge is -2.42. The minimum absolute atomic E-state index is 0.618. The van der Waals surface area contributed by atoms with Crippen molar-refractivity contribution in [2.75, 3.05) is 6.54 Å². The van der Waals surface area contributed by atoms with Gasteiger partial charge in [0.2, 0.25) is 0 Å². The van der Waals surface area contributed by atoms with Gasteiger partial charge in [-0.1, -0.05) is 19.8 Å². The highest BCUT2D eigenvalue weighted by atomic mass is 15.3. The van der Waals surface area contributed by atoms with E-state index in [1.54, 1.807) is 0 Å². The average molecular weight is 221 g/mol. The van der Waals surface area contributed by atoms with E-state index in [9.17, 15) is 0 Å². The molecular formula is C13H23N3. The van der Waals surface area contributed by atoms with Crippen LogP contribution in [-0.2, 0) is 13.6 Å². The number of hydrogen-bond donors (Lipinski definition) is 1. The van der Waals surface area contributed by atoms with Gasteiger partial charge in [0.25, 0.3) is 0 Å². The smallest absolute Gasteiger partial charge is 0.0518 e. The largest absolute Gasteiger partial charge is 0.311 e. The quantitative estimate of drug-likeness (QED) is 0.800. The fraction of sp³-hybridized carbons (Fsp3) is 0.769. The highest BCUT2D eigenvalue weighted by Crippen LogP contribution is 2.44. The van der Waals surface area contributed by atoms with Crippen molar-refractivity contribution in [3.63, 3.8) is 0 Å². The molecule has 1 fully saturated rings. The van der Waals surface area contributed by atoms with Crippen molar-refractivity contribution in [1.82, 2.24) is 15.1 Å². The summed E-state index contributed by atoms with van der Waals surface area (Å²) in [6.07, 6.45) is 8.81. The molecule has 2 rings (SSSR count). The first kappa shape index (κ1) is 11.6. The minimum Gasteiger partial charge on any atom is -0.311 e. The average Bonchev–Trinajstić information content (AvgIpc) is 2.61. The Hall–Kier alpha value is -0.830. The molecule has 1 aromatic heterocycles. The summed E-state index contributed by atoms with van der Waals surface area (Å²) in [4.78, 5) is 0. The maximum Gasteiger partial charge on any atom is 0.0518 e. The van der Waals surface area contributed by atoms with Crippen LogP contribution < -0.4 is 5.32 Å². The van der Waals surface area contributed by atoms with Crippen LogP contribution in [0.2, 0.25) is 0 Å². The van der Waals surface area contributed by atoms with Crippen LogP contribution in [0.5, 0.6) is 0 Å². The molecule has 0 aliphatic heterocycles. The Morgan fingerprint density at radius 2 is 2.31 bits per heavy atom. The van der Waals surface area contributed by atoms with Crippen LogP contribution >= 0.6 is 0 Å². The number of rotatable bonds is 6. The molecule has 90 valence electrons. The SMILES string of the molecule is CCCC1(CNCc2ccnn2C)CCC1. The monoisotopic (exact) mass is 221 g/mol. The van der Waals surface area contributed by atoms with Crippen LogP contribution in [0.4, 0.5) is 0 Å². The van der Waals surface area contributed by atoms with Crippen molar-refractivity contribution in [2.24, 2.45) is 12.5 Å². The molecule has 1 N–H and O–H groups in total. The van der Waals surface area contributed by atoms with Gasteiger partial charge in [0.05, 0.1) is 5.69 Å². The zero-order valence-corrected chi connectivity index (χ0v) is 10.5. The van der Waals surface area contributed by atoms with E-state index in [1.807, 2.05) is 17.9 Å². The Morgan fingerprint density at radius 1 is 1.50 bits per heavy atom.